The van der Waals surface area contributed by atoms with Crippen molar-refractivity contribution >= 4 is 17.3 Å². The van der Waals surface area contributed by atoms with Crippen molar-refractivity contribution in [3.05, 3.63) is 71.5 Å². The fourth-order valence-corrected chi connectivity index (χ4v) is 3.99. The largest absolute Gasteiger partial charge is 0.447 e. The van der Waals surface area contributed by atoms with Gasteiger partial charge in [-0.05, 0) is 23.8 Å². The van der Waals surface area contributed by atoms with Crippen molar-refractivity contribution in [1.82, 2.24) is 4.57 Å². The van der Waals surface area contributed by atoms with Gasteiger partial charge in [-0.1, -0.05) is 30.3 Å². The van der Waals surface area contributed by atoms with E-state index < -0.39 is 6.10 Å². The number of fused-ring (bicyclic) bond motifs is 1. The van der Waals surface area contributed by atoms with Gasteiger partial charge in [0.05, 0.1) is 22.6 Å². The summed E-state index contributed by atoms with van der Waals surface area (Å²) in [6, 6.07) is 16.2. The second kappa shape index (κ2) is 6.75. The van der Waals surface area contributed by atoms with Gasteiger partial charge in [0.1, 0.15) is 0 Å². The number of hydrogen-bond donors (Lipinski definition) is 0. The fraction of sp³-hybridized carbons (Fsp3) is 0.261. The lowest BCUT2D eigenvalue weighted by molar-refractivity contribution is 0.0446. The number of carbonyl (C=O) groups is 1. The average Bonchev–Trinajstić information content (AvgIpc) is 3.23. The van der Waals surface area contributed by atoms with Crippen LogP contribution in [0, 0.1) is 0 Å². The molecular weight excluding hydrogens is 350 g/mol. The topological polar surface area (TPSA) is 37.7 Å². The summed E-state index contributed by atoms with van der Waals surface area (Å²) < 4.78 is 7.90. The second-order valence-electron chi connectivity index (χ2n) is 7.56. The molecule has 0 fully saturated rings. The number of esters is 1. The molecule has 2 heterocycles. The molecule has 0 aliphatic carbocycles. The molecule has 1 aliphatic rings. The van der Waals surface area contributed by atoms with E-state index in [0.29, 0.717) is 5.56 Å². The van der Waals surface area contributed by atoms with Crippen LogP contribution in [0.1, 0.15) is 27.7 Å². The number of anilines is 2. The van der Waals surface area contributed by atoms with Crippen molar-refractivity contribution in [1.29, 1.82) is 0 Å². The van der Waals surface area contributed by atoms with Crippen LogP contribution in [0.4, 0.5) is 11.4 Å². The summed E-state index contributed by atoms with van der Waals surface area (Å²) in [5, 5.41) is 0. The summed E-state index contributed by atoms with van der Waals surface area (Å²) in [6.45, 7) is 0. The highest BCUT2D eigenvalue weighted by Crippen LogP contribution is 2.49. The lowest BCUT2D eigenvalue weighted by Crippen LogP contribution is -2.19. The molecule has 144 valence electrons. The Morgan fingerprint density at radius 1 is 0.964 bits per heavy atom. The highest BCUT2D eigenvalue weighted by molar-refractivity contribution is 6.03. The number of rotatable bonds is 4. The first-order valence-electron chi connectivity index (χ1n) is 9.33. The minimum atomic E-state index is -0.424. The quantitative estimate of drug-likeness (QED) is 0.644. The Labute approximate surface area is 165 Å². The van der Waals surface area contributed by atoms with Crippen molar-refractivity contribution in [3.63, 3.8) is 0 Å². The van der Waals surface area contributed by atoms with Crippen LogP contribution in [0.25, 0.3) is 11.1 Å². The minimum Gasteiger partial charge on any atom is -0.447 e. The predicted molar refractivity (Wildman–Crippen MR) is 113 cm³/mol. The molecule has 5 nitrogen and oxygen atoms in total. The Morgan fingerprint density at radius 3 is 2.25 bits per heavy atom. The summed E-state index contributed by atoms with van der Waals surface area (Å²) in [5.74, 6) is -0.271. The van der Waals surface area contributed by atoms with Crippen molar-refractivity contribution in [2.75, 3.05) is 38.0 Å². The normalized spacial score (nSPS) is 15.3. The molecule has 5 heteroatoms. The third-order valence-corrected chi connectivity index (χ3v) is 5.27. The number of benzene rings is 2. The Bertz CT molecular complexity index is 1040. The van der Waals surface area contributed by atoms with Crippen LogP contribution < -0.4 is 9.80 Å². The maximum atomic E-state index is 12.9. The Kier molecular flexibility index (Phi) is 4.38. The first-order valence-corrected chi connectivity index (χ1v) is 9.33. The molecule has 0 amide bonds. The summed E-state index contributed by atoms with van der Waals surface area (Å²) in [7, 11) is 10.0. The highest BCUT2D eigenvalue weighted by Gasteiger charge is 2.39. The summed E-state index contributed by atoms with van der Waals surface area (Å²) in [5.41, 5.74) is 6.73. The number of cyclic esters (lactones) is 1. The number of hydrogen-bond acceptors (Lipinski definition) is 4. The standard InChI is InChI=1S/C23H25N3O2/c1-24(2)18-14-16-20(22(28-23(16)27)17-12-9-13-26(17)5)19(21(18)25(3)4)15-10-7-6-8-11-15/h6-14,22H,1-5H3. The number of aromatic nitrogens is 1. The van der Waals surface area contributed by atoms with E-state index in [1.165, 1.54) is 0 Å². The zero-order chi connectivity index (χ0) is 20.0. The van der Waals surface area contributed by atoms with Gasteiger partial charge >= 0.3 is 5.97 Å². The van der Waals surface area contributed by atoms with Crippen LogP contribution in [-0.4, -0.2) is 38.7 Å². The van der Waals surface area contributed by atoms with Crippen LogP contribution in [0.5, 0.6) is 0 Å². The van der Waals surface area contributed by atoms with Crippen molar-refractivity contribution in [2.45, 2.75) is 6.10 Å². The van der Waals surface area contributed by atoms with E-state index in [9.17, 15) is 4.79 Å². The maximum absolute atomic E-state index is 12.9. The summed E-state index contributed by atoms with van der Waals surface area (Å²) >= 11 is 0. The lowest BCUT2D eigenvalue weighted by Gasteiger charge is -2.28. The van der Waals surface area contributed by atoms with Crippen molar-refractivity contribution in [2.24, 2.45) is 7.05 Å². The van der Waals surface area contributed by atoms with Gasteiger partial charge in [0, 0.05) is 52.6 Å². The van der Waals surface area contributed by atoms with E-state index in [0.717, 1.165) is 33.8 Å². The Balaban J connectivity index is 2.11. The smallest absolute Gasteiger partial charge is 0.339 e. The molecule has 0 spiro atoms. The minimum absolute atomic E-state index is 0.271. The molecule has 1 aliphatic heterocycles. The molecule has 1 unspecified atom stereocenters. The van der Waals surface area contributed by atoms with E-state index in [-0.39, 0.29) is 5.97 Å². The number of ether oxygens (including phenoxy) is 1. The van der Waals surface area contributed by atoms with E-state index in [2.05, 4.69) is 17.0 Å². The van der Waals surface area contributed by atoms with E-state index in [1.807, 2.05) is 87.3 Å². The van der Waals surface area contributed by atoms with Gasteiger partial charge in [-0.15, -0.1) is 0 Å². The average molecular weight is 375 g/mol. The molecule has 4 rings (SSSR count). The lowest BCUT2D eigenvalue weighted by atomic mass is 9.89. The third kappa shape index (κ3) is 2.74. The van der Waals surface area contributed by atoms with Crippen molar-refractivity contribution < 1.29 is 9.53 Å². The molecule has 0 bridgehead atoms. The number of aryl methyl sites for hydroxylation is 1. The molecule has 1 atom stereocenters. The van der Waals surface area contributed by atoms with Gasteiger partial charge in [-0.2, -0.15) is 0 Å². The monoisotopic (exact) mass is 375 g/mol. The molecule has 1 aromatic heterocycles. The molecule has 0 saturated heterocycles. The molecule has 3 aromatic rings. The van der Waals surface area contributed by atoms with Gasteiger partial charge in [0.15, 0.2) is 6.10 Å². The zero-order valence-corrected chi connectivity index (χ0v) is 16.9. The molecule has 0 saturated carbocycles. The zero-order valence-electron chi connectivity index (χ0n) is 16.9. The Hall–Kier alpha value is -3.21. The van der Waals surface area contributed by atoms with Crippen LogP contribution in [0.15, 0.2) is 54.7 Å². The first kappa shape index (κ1) is 18.2. The third-order valence-electron chi connectivity index (χ3n) is 5.27. The fourth-order valence-electron chi connectivity index (χ4n) is 3.99. The Morgan fingerprint density at radius 2 is 1.68 bits per heavy atom. The van der Waals surface area contributed by atoms with Gasteiger partial charge in [-0.3, -0.25) is 0 Å². The summed E-state index contributed by atoms with van der Waals surface area (Å²) in [4.78, 5) is 17.0. The second-order valence-corrected chi connectivity index (χ2v) is 7.56. The molecular formula is C23H25N3O2. The van der Waals surface area contributed by atoms with Crippen molar-refractivity contribution in [3.8, 4) is 11.1 Å². The molecule has 28 heavy (non-hydrogen) atoms. The van der Waals surface area contributed by atoms with Gasteiger partial charge < -0.3 is 19.1 Å². The van der Waals surface area contributed by atoms with Crippen LogP contribution in [0.3, 0.4) is 0 Å². The van der Waals surface area contributed by atoms with Gasteiger partial charge in [0.25, 0.3) is 0 Å². The first-order chi connectivity index (χ1) is 13.4. The van der Waals surface area contributed by atoms with E-state index >= 15 is 0 Å². The number of carbonyl (C=O) groups excluding carboxylic acids is 1. The van der Waals surface area contributed by atoms with E-state index in [1.54, 1.807) is 0 Å². The predicted octanol–water partition coefficient (Wildman–Crippen LogP) is 4.08. The SMILES string of the molecule is CN(C)c1cc2c(c(-c3ccccc3)c1N(C)C)C(c1cccn1C)OC2=O. The maximum Gasteiger partial charge on any atom is 0.339 e. The molecule has 0 radical (unpaired) electrons. The highest BCUT2D eigenvalue weighted by atomic mass is 16.5. The number of nitrogens with zero attached hydrogens (tertiary/aromatic N) is 3. The van der Waals surface area contributed by atoms with Crippen LogP contribution >= 0.6 is 0 Å². The van der Waals surface area contributed by atoms with E-state index in [4.69, 9.17) is 4.74 Å². The van der Waals surface area contributed by atoms with Gasteiger partial charge in [0.2, 0.25) is 0 Å². The van der Waals surface area contributed by atoms with Gasteiger partial charge in [-0.25, -0.2) is 4.79 Å². The summed E-state index contributed by atoms with van der Waals surface area (Å²) in [6.07, 6.45) is 1.55. The molecule has 2 aromatic carbocycles. The molecule has 0 N–H and O–H groups in total. The van der Waals surface area contributed by atoms with Crippen LogP contribution in [0.2, 0.25) is 0 Å². The van der Waals surface area contributed by atoms with Crippen LogP contribution in [-0.2, 0) is 11.8 Å².